The average Bonchev–Trinajstić information content (AvgIpc) is 3.49. The molecule has 0 aliphatic carbocycles. The summed E-state index contributed by atoms with van der Waals surface area (Å²) in [6.45, 7) is 1.20. The molecule has 1 aliphatic rings. The zero-order chi connectivity index (χ0) is 21.4. The summed E-state index contributed by atoms with van der Waals surface area (Å²) in [6, 6.07) is 7.27. The third kappa shape index (κ3) is 3.68. The molecule has 0 saturated carbocycles. The van der Waals surface area contributed by atoms with Crippen molar-refractivity contribution in [3.8, 4) is 11.6 Å². The highest BCUT2D eigenvalue weighted by atomic mass is 16.5. The first-order valence-corrected chi connectivity index (χ1v) is 9.90. The van der Waals surface area contributed by atoms with Crippen molar-refractivity contribution >= 4 is 34.6 Å². The van der Waals surface area contributed by atoms with E-state index in [2.05, 4.69) is 20.4 Å². The molecule has 4 N–H and O–H groups in total. The van der Waals surface area contributed by atoms with Gasteiger partial charge in [-0.2, -0.15) is 10.1 Å². The fraction of sp³-hybridized carbons (Fsp3) is 0.238. The number of aromatic nitrogens is 5. The number of anilines is 3. The van der Waals surface area contributed by atoms with Gasteiger partial charge in [-0.25, -0.2) is 4.98 Å². The quantitative estimate of drug-likeness (QED) is 0.321. The fourth-order valence-corrected chi connectivity index (χ4v) is 3.58. The van der Waals surface area contributed by atoms with Crippen LogP contribution in [0.1, 0.15) is 14.8 Å². The number of nitrogen functional groups attached to an aromatic ring is 1. The van der Waals surface area contributed by atoms with Gasteiger partial charge >= 0.3 is 0 Å². The highest BCUT2D eigenvalue weighted by Gasteiger charge is 2.22. The molecule has 0 bridgehead atoms. The zero-order valence-electron chi connectivity index (χ0n) is 16.9. The number of ether oxygens (including phenoxy) is 2. The minimum absolute atomic E-state index is 0. The van der Waals surface area contributed by atoms with Crippen molar-refractivity contribution in [2.45, 2.75) is 12.5 Å². The highest BCUT2D eigenvalue weighted by Crippen LogP contribution is 2.31. The van der Waals surface area contributed by atoms with E-state index < -0.39 is 0 Å². The largest absolute Gasteiger partial charge is 0.470 e. The van der Waals surface area contributed by atoms with E-state index in [9.17, 15) is 0 Å². The van der Waals surface area contributed by atoms with Crippen molar-refractivity contribution in [2.75, 3.05) is 24.3 Å². The summed E-state index contributed by atoms with van der Waals surface area (Å²) in [5, 5.41) is 14.8. The molecule has 10 nitrogen and oxygen atoms in total. The Morgan fingerprint density at radius 2 is 2.26 bits per heavy atom. The molecule has 4 heterocycles. The molecule has 1 saturated heterocycles. The Kier molecular flexibility index (Phi) is 4.75. The number of nitrogens with one attached hydrogen (secondary N) is 2. The second-order valence-electron chi connectivity index (χ2n) is 7.36. The van der Waals surface area contributed by atoms with Gasteiger partial charge in [0.15, 0.2) is 0 Å². The summed E-state index contributed by atoms with van der Waals surface area (Å²) in [6.07, 6.45) is 7.59. The SMILES string of the molecule is Cn1cc(-n2ccc3nc(Nc4ccc(C=N)c(N)c4)nc(O[C@H]4CCOC4)c32)cn1.[HH].[HH]. The molecule has 0 amide bonds. The summed E-state index contributed by atoms with van der Waals surface area (Å²) in [5.41, 5.74) is 10.3. The molecular weight excluding hydrogens is 396 g/mol. The number of benzene rings is 1. The Balaban J connectivity index is 0.00000153. The maximum Gasteiger partial charge on any atom is 0.244 e. The molecule has 4 aromatic rings. The van der Waals surface area contributed by atoms with Crippen LogP contribution in [0.3, 0.4) is 0 Å². The van der Waals surface area contributed by atoms with Crippen LogP contribution >= 0.6 is 0 Å². The van der Waals surface area contributed by atoms with Crippen molar-refractivity contribution in [1.82, 2.24) is 24.3 Å². The molecule has 1 fully saturated rings. The maximum atomic E-state index is 7.39. The zero-order valence-corrected chi connectivity index (χ0v) is 16.9. The van der Waals surface area contributed by atoms with E-state index in [-0.39, 0.29) is 8.96 Å². The van der Waals surface area contributed by atoms with Crippen LogP contribution in [0.15, 0.2) is 42.9 Å². The van der Waals surface area contributed by atoms with Crippen molar-refractivity contribution < 1.29 is 12.3 Å². The minimum atomic E-state index is -0.0642. The number of hydrogen-bond donors (Lipinski definition) is 3. The molecule has 1 aromatic carbocycles. The van der Waals surface area contributed by atoms with Gasteiger partial charge in [-0.15, -0.1) is 0 Å². The molecule has 0 radical (unpaired) electrons. The Hall–Kier alpha value is -3.92. The molecule has 162 valence electrons. The Labute approximate surface area is 181 Å². The summed E-state index contributed by atoms with van der Waals surface area (Å²) in [5.74, 6) is 0.869. The molecule has 0 spiro atoms. The molecule has 3 aromatic heterocycles. The Morgan fingerprint density at radius 3 is 2.97 bits per heavy atom. The average molecular weight is 422 g/mol. The molecule has 31 heavy (non-hydrogen) atoms. The van der Waals surface area contributed by atoms with E-state index in [0.29, 0.717) is 36.3 Å². The van der Waals surface area contributed by atoms with Crippen molar-refractivity contribution in [1.29, 1.82) is 5.41 Å². The number of hydrogen-bond acceptors (Lipinski definition) is 8. The standard InChI is InChI=1S/C21H22N8O2.2H2/c1-28-11-15(10-24-28)29-6-4-18-19(29)20(31-16-5-7-30-12-16)27-21(26-18)25-14-3-2-13(9-22)17(23)8-14;;/h2-4,6,8-11,16,22H,5,7,12,23H2,1H3,(H,25,26,27);2*1H/t16-;;/m0../s1. The number of rotatable bonds is 6. The van der Waals surface area contributed by atoms with Gasteiger partial charge in [-0.05, 0) is 24.3 Å². The van der Waals surface area contributed by atoms with Gasteiger partial charge in [0.1, 0.15) is 11.6 Å². The Bertz CT molecular complexity index is 1270. The number of fused-ring (bicyclic) bond motifs is 1. The molecule has 10 heteroatoms. The molecule has 5 rings (SSSR count). The van der Waals surface area contributed by atoms with E-state index in [0.717, 1.165) is 28.8 Å². The topological polar surface area (TPSA) is 129 Å². The predicted octanol–water partition coefficient (Wildman–Crippen LogP) is 3.14. The van der Waals surface area contributed by atoms with Crippen molar-refractivity contribution in [3.63, 3.8) is 0 Å². The van der Waals surface area contributed by atoms with Gasteiger partial charge in [-0.1, -0.05) is 0 Å². The van der Waals surface area contributed by atoms with Crippen LogP contribution in [0.25, 0.3) is 16.7 Å². The normalized spacial score (nSPS) is 16.0. The van der Waals surface area contributed by atoms with Crippen molar-refractivity contribution in [3.05, 3.63) is 48.4 Å². The van der Waals surface area contributed by atoms with Gasteiger partial charge in [0.25, 0.3) is 0 Å². The summed E-state index contributed by atoms with van der Waals surface area (Å²) in [7, 11) is 1.87. The second kappa shape index (κ2) is 7.73. The first-order valence-electron chi connectivity index (χ1n) is 9.90. The summed E-state index contributed by atoms with van der Waals surface area (Å²) in [4.78, 5) is 9.33. The number of nitrogens with zero attached hydrogens (tertiary/aromatic N) is 5. The van der Waals surface area contributed by atoms with Crippen LogP contribution < -0.4 is 15.8 Å². The van der Waals surface area contributed by atoms with Gasteiger partial charge in [-0.3, -0.25) is 4.68 Å². The summed E-state index contributed by atoms with van der Waals surface area (Å²) >= 11 is 0. The van der Waals surface area contributed by atoms with E-state index in [1.54, 1.807) is 23.0 Å². The highest BCUT2D eigenvalue weighted by molar-refractivity contribution is 5.87. The van der Waals surface area contributed by atoms with Gasteiger partial charge in [0.05, 0.1) is 30.6 Å². The van der Waals surface area contributed by atoms with Crippen molar-refractivity contribution in [2.24, 2.45) is 7.05 Å². The van der Waals surface area contributed by atoms with Crippen LogP contribution in [0.5, 0.6) is 5.88 Å². The lowest BCUT2D eigenvalue weighted by Crippen LogP contribution is -2.17. The van der Waals surface area contributed by atoms with Crippen LogP contribution in [-0.2, 0) is 11.8 Å². The molecule has 0 unspecified atom stereocenters. The third-order valence-corrected chi connectivity index (χ3v) is 5.14. The maximum absolute atomic E-state index is 7.39. The van der Waals surface area contributed by atoms with Crippen LogP contribution in [-0.4, -0.2) is 49.8 Å². The number of aryl methyl sites for hydroxylation is 1. The van der Waals surface area contributed by atoms with E-state index >= 15 is 0 Å². The lowest BCUT2D eigenvalue weighted by molar-refractivity contribution is 0.139. The van der Waals surface area contributed by atoms with Crippen LogP contribution in [0.4, 0.5) is 17.3 Å². The van der Waals surface area contributed by atoms with Gasteiger partial charge < -0.3 is 30.5 Å². The number of nitrogens with two attached hydrogens (primary N) is 1. The summed E-state index contributed by atoms with van der Waals surface area (Å²) < 4.78 is 15.4. The van der Waals surface area contributed by atoms with Crippen LogP contribution in [0, 0.1) is 5.41 Å². The molecule has 1 atom stereocenters. The third-order valence-electron chi connectivity index (χ3n) is 5.14. The first-order chi connectivity index (χ1) is 15.1. The fourth-order valence-electron chi connectivity index (χ4n) is 3.58. The van der Waals surface area contributed by atoms with Gasteiger partial charge in [0.2, 0.25) is 11.8 Å². The lowest BCUT2D eigenvalue weighted by atomic mass is 10.2. The first kappa shape index (κ1) is 19.1. The van der Waals surface area contributed by atoms with Crippen LogP contribution in [0.2, 0.25) is 0 Å². The van der Waals surface area contributed by atoms with E-state index in [4.69, 9.17) is 20.6 Å². The monoisotopic (exact) mass is 422 g/mol. The lowest BCUT2D eigenvalue weighted by Gasteiger charge is -2.15. The Morgan fingerprint density at radius 1 is 1.35 bits per heavy atom. The molecule has 1 aliphatic heterocycles. The predicted molar refractivity (Wildman–Crippen MR) is 122 cm³/mol. The molecular formula is C21H26N8O2. The van der Waals surface area contributed by atoms with Gasteiger partial charge in [0, 0.05) is 51.9 Å². The van der Waals surface area contributed by atoms with E-state index in [1.807, 2.05) is 36.1 Å². The minimum Gasteiger partial charge on any atom is -0.470 e. The smallest absolute Gasteiger partial charge is 0.244 e. The van der Waals surface area contributed by atoms with E-state index in [1.165, 1.54) is 6.21 Å². The second-order valence-corrected chi connectivity index (χ2v) is 7.36.